The number of amides is 1. The first kappa shape index (κ1) is 12.6. The van der Waals surface area contributed by atoms with E-state index in [9.17, 15) is 4.79 Å². The summed E-state index contributed by atoms with van der Waals surface area (Å²) in [5, 5.41) is 7.37. The van der Waals surface area contributed by atoms with Gasteiger partial charge in [0.15, 0.2) is 5.82 Å². The Bertz CT molecular complexity index is 484. The quantitative estimate of drug-likeness (QED) is 0.903. The highest BCUT2D eigenvalue weighted by Crippen LogP contribution is 2.38. The van der Waals surface area contributed by atoms with Crippen LogP contribution in [-0.2, 0) is 7.05 Å². The maximum atomic E-state index is 12.2. The van der Waals surface area contributed by atoms with Gasteiger partial charge in [-0.05, 0) is 31.1 Å². The van der Waals surface area contributed by atoms with Gasteiger partial charge in [-0.15, -0.1) is 0 Å². The fraction of sp³-hybridized carbons (Fsp3) is 0.786. The SMILES string of the molecule is Cn1nc(C2CC2)nc1C(=O)NCC1(C)CCCC1. The monoisotopic (exact) mass is 262 g/mol. The number of aromatic nitrogens is 3. The van der Waals surface area contributed by atoms with Gasteiger partial charge in [0.1, 0.15) is 0 Å². The molecule has 2 fully saturated rings. The minimum absolute atomic E-state index is 0.0879. The summed E-state index contributed by atoms with van der Waals surface area (Å²) >= 11 is 0. The van der Waals surface area contributed by atoms with Gasteiger partial charge in [-0.3, -0.25) is 4.79 Å². The van der Waals surface area contributed by atoms with E-state index in [0.717, 1.165) is 25.2 Å². The lowest BCUT2D eigenvalue weighted by Crippen LogP contribution is -2.35. The van der Waals surface area contributed by atoms with Crippen molar-refractivity contribution in [1.82, 2.24) is 20.1 Å². The molecule has 0 unspecified atom stereocenters. The molecule has 5 nitrogen and oxygen atoms in total. The van der Waals surface area contributed by atoms with Gasteiger partial charge in [0, 0.05) is 19.5 Å². The second-order valence-electron chi connectivity index (χ2n) is 6.39. The van der Waals surface area contributed by atoms with Gasteiger partial charge in [0.2, 0.25) is 5.82 Å². The van der Waals surface area contributed by atoms with Crippen LogP contribution in [0, 0.1) is 5.41 Å². The summed E-state index contributed by atoms with van der Waals surface area (Å²) in [7, 11) is 1.80. The van der Waals surface area contributed by atoms with Crippen LogP contribution in [0.3, 0.4) is 0 Å². The Hall–Kier alpha value is -1.39. The molecule has 0 aliphatic heterocycles. The molecule has 0 saturated heterocycles. The molecule has 0 aromatic carbocycles. The first-order valence-corrected chi connectivity index (χ1v) is 7.27. The second-order valence-corrected chi connectivity index (χ2v) is 6.39. The van der Waals surface area contributed by atoms with Gasteiger partial charge in [0.25, 0.3) is 5.91 Å². The summed E-state index contributed by atoms with van der Waals surface area (Å²) in [5.74, 6) is 1.68. The number of nitrogens with zero attached hydrogens (tertiary/aromatic N) is 3. The Morgan fingerprint density at radius 3 is 2.74 bits per heavy atom. The highest BCUT2D eigenvalue weighted by Gasteiger charge is 2.31. The first-order valence-electron chi connectivity index (χ1n) is 7.27. The maximum Gasteiger partial charge on any atom is 0.288 e. The molecule has 5 heteroatoms. The molecule has 3 rings (SSSR count). The Morgan fingerprint density at radius 2 is 2.11 bits per heavy atom. The van der Waals surface area contributed by atoms with Gasteiger partial charge < -0.3 is 5.32 Å². The first-order chi connectivity index (χ1) is 9.07. The normalized spacial score (nSPS) is 21.6. The van der Waals surface area contributed by atoms with Crippen molar-refractivity contribution >= 4 is 5.91 Å². The number of carbonyl (C=O) groups is 1. The minimum Gasteiger partial charge on any atom is -0.349 e. The summed E-state index contributed by atoms with van der Waals surface area (Å²) < 4.78 is 1.61. The third-order valence-corrected chi connectivity index (χ3v) is 4.41. The van der Waals surface area contributed by atoms with Gasteiger partial charge in [-0.1, -0.05) is 19.8 Å². The summed E-state index contributed by atoms with van der Waals surface area (Å²) in [6, 6.07) is 0. The predicted octanol–water partition coefficient (Wildman–Crippen LogP) is 2.00. The second kappa shape index (κ2) is 4.62. The molecule has 1 amide bonds. The molecule has 104 valence electrons. The molecular weight excluding hydrogens is 240 g/mol. The molecule has 0 radical (unpaired) electrons. The average Bonchev–Trinajstić information content (AvgIpc) is 3.03. The summed E-state index contributed by atoms with van der Waals surface area (Å²) in [6.07, 6.45) is 7.29. The number of carbonyl (C=O) groups excluding carboxylic acids is 1. The molecule has 1 N–H and O–H groups in total. The van der Waals surface area contributed by atoms with E-state index in [-0.39, 0.29) is 11.3 Å². The zero-order valence-corrected chi connectivity index (χ0v) is 11.8. The highest BCUT2D eigenvalue weighted by atomic mass is 16.2. The van der Waals surface area contributed by atoms with Crippen LogP contribution in [0.4, 0.5) is 0 Å². The fourth-order valence-electron chi connectivity index (χ4n) is 2.89. The Labute approximate surface area is 113 Å². The van der Waals surface area contributed by atoms with E-state index in [0.29, 0.717) is 11.7 Å². The van der Waals surface area contributed by atoms with Crippen molar-refractivity contribution < 1.29 is 4.79 Å². The van der Waals surface area contributed by atoms with Crippen molar-refractivity contribution in [2.45, 2.75) is 51.4 Å². The maximum absolute atomic E-state index is 12.2. The minimum atomic E-state index is -0.0879. The lowest BCUT2D eigenvalue weighted by atomic mass is 9.89. The largest absolute Gasteiger partial charge is 0.349 e. The number of nitrogens with one attached hydrogen (secondary N) is 1. The highest BCUT2D eigenvalue weighted by molar-refractivity contribution is 5.90. The van der Waals surface area contributed by atoms with Gasteiger partial charge in [-0.2, -0.15) is 5.10 Å². The van der Waals surface area contributed by atoms with E-state index in [1.807, 2.05) is 0 Å². The Morgan fingerprint density at radius 1 is 1.42 bits per heavy atom. The zero-order chi connectivity index (χ0) is 13.5. The van der Waals surface area contributed by atoms with Crippen LogP contribution in [-0.4, -0.2) is 27.2 Å². The van der Waals surface area contributed by atoms with Crippen molar-refractivity contribution in [3.05, 3.63) is 11.6 Å². The van der Waals surface area contributed by atoms with Gasteiger partial charge in [0.05, 0.1) is 0 Å². The van der Waals surface area contributed by atoms with E-state index in [1.54, 1.807) is 11.7 Å². The van der Waals surface area contributed by atoms with Crippen LogP contribution in [0.2, 0.25) is 0 Å². The van der Waals surface area contributed by atoms with Crippen molar-refractivity contribution in [2.24, 2.45) is 12.5 Å². The molecule has 2 saturated carbocycles. The van der Waals surface area contributed by atoms with Gasteiger partial charge in [-0.25, -0.2) is 9.67 Å². The topological polar surface area (TPSA) is 59.8 Å². The summed E-state index contributed by atoms with van der Waals surface area (Å²) in [5.41, 5.74) is 0.271. The molecule has 2 aliphatic carbocycles. The van der Waals surface area contributed by atoms with E-state index in [1.165, 1.54) is 25.7 Å². The number of rotatable bonds is 4. The summed E-state index contributed by atoms with van der Waals surface area (Å²) in [4.78, 5) is 16.6. The van der Waals surface area contributed by atoms with E-state index in [2.05, 4.69) is 22.3 Å². The third-order valence-electron chi connectivity index (χ3n) is 4.41. The molecule has 2 aliphatic rings. The predicted molar refractivity (Wildman–Crippen MR) is 71.9 cm³/mol. The molecular formula is C14H22N4O. The number of hydrogen-bond donors (Lipinski definition) is 1. The van der Waals surface area contributed by atoms with Crippen LogP contribution in [0.5, 0.6) is 0 Å². The molecule has 0 atom stereocenters. The van der Waals surface area contributed by atoms with E-state index >= 15 is 0 Å². The molecule has 1 heterocycles. The van der Waals surface area contributed by atoms with Crippen molar-refractivity contribution in [3.8, 4) is 0 Å². The van der Waals surface area contributed by atoms with E-state index in [4.69, 9.17) is 0 Å². The van der Waals surface area contributed by atoms with Crippen molar-refractivity contribution in [2.75, 3.05) is 6.54 Å². The summed E-state index contributed by atoms with van der Waals surface area (Å²) in [6.45, 7) is 3.00. The van der Waals surface area contributed by atoms with Crippen LogP contribution in [0.25, 0.3) is 0 Å². The fourth-order valence-corrected chi connectivity index (χ4v) is 2.89. The number of aryl methyl sites for hydroxylation is 1. The van der Waals surface area contributed by atoms with E-state index < -0.39 is 0 Å². The van der Waals surface area contributed by atoms with Crippen molar-refractivity contribution in [1.29, 1.82) is 0 Å². The smallest absolute Gasteiger partial charge is 0.288 e. The van der Waals surface area contributed by atoms with Crippen LogP contribution >= 0.6 is 0 Å². The van der Waals surface area contributed by atoms with Crippen LogP contribution < -0.4 is 5.32 Å². The zero-order valence-electron chi connectivity index (χ0n) is 11.8. The average molecular weight is 262 g/mol. The van der Waals surface area contributed by atoms with Crippen LogP contribution in [0.15, 0.2) is 0 Å². The standard InChI is InChI=1S/C14H22N4O/c1-14(7-3-4-8-14)9-15-13(19)12-16-11(10-5-6-10)17-18(12)2/h10H,3-9H2,1-2H3,(H,15,19). The van der Waals surface area contributed by atoms with Crippen LogP contribution in [0.1, 0.15) is 67.8 Å². The molecule has 1 aromatic heterocycles. The Balaban J connectivity index is 1.63. The van der Waals surface area contributed by atoms with Crippen molar-refractivity contribution in [3.63, 3.8) is 0 Å². The lowest BCUT2D eigenvalue weighted by molar-refractivity contribution is 0.0919. The Kier molecular flexibility index (Phi) is 3.07. The van der Waals surface area contributed by atoms with Gasteiger partial charge >= 0.3 is 0 Å². The molecule has 0 bridgehead atoms. The molecule has 1 aromatic rings. The lowest BCUT2D eigenvalue weighted by Gasteiger charge is -2.23. The third kappa shape index (κ3) is 2.65. The molecule has 0 spiro atoms. The number of hydrogen-bond acceptors (Lipinski definition) is 3. The molecule has 19 heavy (non-hydrogen) atoms.